The zero-order valence-corrected chi connectivity index (χ0v) is 12.3. The minimum atomic E-state index is -0.961. The Morgan fingerprint density at radius 2 is 1.80 bits per heavy atom. The number of aryl methyl sites for hydroxylation is 1. The minimum absolute atomic E-state index is 0.181. The number of hydrogen-bond donors (Lipinski definition) is 0. The predicted molar refractivity (Wildman–Crippen MR) is 79.0 cm³/mol. The van der Waals surface area contributed by atoms with Gasteiger partial charge in [-0.1, -0.05) is 44.9 Å². The second kappa shape index (κ2) is 9.08. The van der Waals surface area contributed by atoms with Crippen LogP contribution in [-0.2, 0) is 11.3 Å². The third-order valence-electron chi connectivity index (χ3n) is 2.97. The first-order valence-electron chi connectivity index (χ1n) is 7.25. The average molecular weight is 273 g/mol. The van der Waals surface area contributed by atoms with Gasteiger partial charge >= 0.3 is 0 Å². The number of unbranched alkanes of at least 4 members (excludes halogenated alkanes) is 1. The van der Waals surface area contributed by atoms with Crippen molar-refractivity contribution in [3.05, 3.63) is 42.7 Å². The van der Waals surface area contributed by atoms with Crippen LogP contribution >= 0.6 is 0 Å². The van der Waals surface area contributed by atoms with Crippen molar-refractivity contribution in [2.75, 3.05) is 0 Å². The molecule has 108 valence electrons. The van der Waals surface area contributed by atoms with Crippen LogP contribution < -0.4 is 9.67 Å². The molecule has 0 spiro atoms. The van der Waals surface area contributed by atoms with Gasteiger partial charge in [-0.05, 0) is 17.9 Å². The Morgan fingerprint density at radius 3 is 2.35 bits per heavy atom. The Bertz CT molecular complexity index is 537. The summed E-state index contributed by atoms with van der Waals surface area (Å²) in [5, 5.41) is 12.1. The fourth-order valence-corrected chi connectivity index (χ4v) is 1.86. The first kappa shape index (κ1) is 16.2. The fourth-order valence-electron chi connectivity index (χ4n) is 1.86. The van der Waals surface area contributed by atoms with E-state index in [-0.39, 0.29) is 6.42 Å². The van der Waals surface area contributed by atoms with E-state index in [0.717, 1.165) is 6.54 Å². The SMILES string of the molecule is CCCC(=O)[O-].CCCC[n+]1ccc2ccccc2c1. The van der Waals surface area contributed by atoms with Crippen molar-refractivity contribution in [2.24, 2.45) is 0 Å². The molecule has 0 saturated heterocycles. The van der Waals surface area contributed by atoms with Crippen LogP contribution in [0.3, 0.4) is 0 Å². The molecule has 0 aliphatic heterocycles. The standard InChI is InChI=1S/C13H16N.C4H8O2/c1-2-3-9-14-10-8-12-6-4-5-7-13(12)11-14;1-2-3-4(5)6/h4-8,10-11H,2-3,9H2,1H3;2-3H2,1H3,(H,5,6)/q+1;/p-1. The zero-order chi connectivity index (χ0) is 14.8. The van der Waals surface area contributed by atoms with Gasteiger partial charge in [-0.25, -0.2) is 4.57 Å². The number of carboxylic acid groups (broad SMARTS) is 1. The van der Waals surface area contributed by atoms with Crippen molar-refractivity contribution in [3.8, 4) is 0 Å². The molecule has 0 aliphatic rings. The van der Waals surface area contributed by atoms with E-state index in [1.54, 1.807) is 6.92 Å². The number of aliphatic carboxylic acids is 1. The van der Waals surface area contributed by atoms with E-state index < -0.39 is 5.97 Å². The maximum atomic E-state index is 9.49. The summed E-state index contributed by atoms with van der Waals surface area (Å²) < 4.78 is 2.27. The summed E-state index contributed by atoms with van der Waals surface area (Å²) >= 11 is 0. The number of carbonyl (C=O) groups is 1. The number of pyridine rings is 1. The fraction of sp³-hybridized carbons (Fsp3) is 0.412. The van der Waals surface area contributed by atoms with E-state index >= 15 is 0 Å². The van der Waals surface area contributed by atoms with Crippen molar-refractivity contribution in [1.29, 1.82) is 0 Å². The molecular formula is C17H23NO2. The van der Waals surface area contributed by atoms with Crippen LogP contribution in [0.5, 0.6) is 0 Å². The molecular weight excluding hydrogens is 250 g/mol. The van der Waals surface area contributed by atoms with Gasteiger partial charge in [0.1, 0.15) is 6.54 Å². The molecule has 0 aliphatic carbocycles. The predicted octanol–water partition coefficient (Wildman–Crippen LogP) is 2.46. The second-order valence-electron chi connectivity index (χ2n) is 4.79. The first-order valence-corrected chi connectivity index (χ1v) is 7.25. The van der Waals surface area contributed by atoms with Crippen molar-refractivity contribution >= 4 is 16.7 Å². The van der Waals surface area contributed by atoms with Crippen LogP contribution in [0.4, 0.5) is 0 Å². The third-order valence-corrected chi connectivity index (χ3v) is 2.97. The number of hydrogen-bond acceptors (Lipinski definition) is 2. The van der Waals surface area contributed by atoms with Gasteiger partial charge in [0.2, 0.25) is 0 Å². The van der Waals surface area contributed by atoms with E-state index in [2.05, 4.69) is 54.2 Å². The topological polar surface area (TPSA) is 44.0 Å². The Kier molecular flexibility index (Phi) is 7.33. The highest BCUT2D eigenvalue weighted by molar-refractivity contribution is 5.80. The Morgan fingerprint density at radius 1 is 1.10 bits per heavy atom. The first-order chi connectivity index (χ1) is 9.67. The Balaban J connectivity index is 0.000000286. The van der Waals surface area contributed by atoms with E-state index in [4.69, 9.17) is 0 Å². The summed E-state index contributed by atoms with van der Waals surface area (Å²) in [6.07, 6.45) is 7.74. The smallest absolute Gasteiger partial charge is 0.176 e. The number of nitrogens with zero attached hydrogens (tertiary/aromatic N) is 1. The summed E-state index contributed by atoms with van der Waals surface area (Å²) in [6.45, 7) is 5.15. The lowest BCUT2D eigenvalue weighted by atomic mass is 10.2. The number of fused-ring (bicyclic) bond motifs is 1. The normalized spacial score (nSPS) is 9.90. The summed E-state index contributed by atoms with van der Waals surface area (Å²) in [5.41, 5.74) is 0. The van der Waals surface area contributed by atoms with E-state index in [1.807, 2.05) is 0 Å². The van der Waals surface area contributed by atoms with Gasteiger partial charge < -0.3 is 9.90 Å². The van der Waals surface area contributed by atoms with Crippen LogP contribution in [0.1, 0.15) is 39.5 Å². The second-order valence-corrected chi connectivity index (χ2v) is 4.79. The maximum Gasteiger partial charge on any atom is 0.176 e. The molecule has 0 N–H and O–H groups in total. The van der Waals surface area contributed by atoms with Gasteiger partial charge in [-0.2, -0.15) is 0 Å². The van der Waals surface area contributed by atoms with Crippen LogP contribution in [0.2, 0.25) is 0 Å². The van der Waals surface area contributed by atoms with Crippen molar-refractivity contribution in [1.82, 2.24) is 0 Å². The molecule has 0 unspecified atom stereocenters. The number of rotatable bonds is 5. The summed E-state index contributed by atoms with van der Waals surface area (Å²) in [6, 6.07) is 10.7. The largest absolute Gasteiger partial charge is 0.550 e. The Labute approximate surface area is 120 Å². The van der Waals surface area contributed by atoms with Gasteiger partial charge in [0.05, 0.1) is 0 Å². The lowest BCUT2D eigenvalue weighted by molar-refractivity contribution is -0.696. The zero-order valence-electron chi connectivity index (χ0n) is 12.3. The maximum absolute atomic E-state index is 9.49. The molecule has 1 aromatic carbocycles. The monoisotopic (exact) mass is 273 g/mol. The van der Waals surface area contributed by atoms with Crippen LogP contribution in [0.25, 0.3) is 10.8 Å². The van der Waals surface area contributed by atoms with Crippen molar-refractivity contribution < 1.29 is 14.5 Å². The van der Waals surface area contributed by atoms with E-state index in [9.17, 15) is 9.90 Å². The lowest BCUT2D eigenvalue weighted by Crippen LogP contribution is -2.32. The lowest BCUT2D eigenvalue weighted by Gasteiger charge is -1.97. The molecule has 20 heavy (non-hydrogen) atoms. The number of aromatic nitrogens is 1. The van der Waals surface area contributed by atoms with Gasteiger partial charge in [-0.3, -0.25) is 0 Å². The van der Waals surface area contributed by atoms with Crippen molar-refractivity contribution in [3.63, 3.8) is 0 Å². The molecule has 0 atom stereocenters. The minimum Gasteiger partial charge on any atom is -0.550 e. The number of benzene rings is 1. The van der Waals surface area contributed by atoms with Gasteiger partial charge in [0.25, 0.3) is 0 Å². The molecule has 0 radical (unpaired) electrons. The van der Waals surface area contributed by atoms with E-state index in [1.165, 1.54) is 23.6 Å². The van der Waals surface area contributed by atoms with Gasteiger partial charge in [0.15, 0.2) is 12.4 Å². The molecule has 3 nitrogen and oxygen atoms in total. The summed E-state index contributed by atoms with van der Waals surface area (Å²) in [7, 11) is 0. The van der Waals surface area contributed by atoms with Crippen LogP contribution in [0, 0.1) is 0 Å². The van der Waals surface area contributed by atoms with Gasteiger partial charge in [-0.15, -0.1) is 0 Å². The summed E-state index contributed by atoms with van der Waals surface area (Å²) in [5.74, 6) is -0.961. The van der Waals surface area contributed by atoms with Crippen molar-refractivity contribution in [2.45, 2.75) is 46.1 Å². The quantitative estimate of drug-likeness (QED) is 0.785. The van der Waals surface area contributed by atoms with Crippen LogP contribution in [-0.4, -0.2) is 5.97 Å². The molecule has 0 fully saturated rings. The number of carboxylic acids is 1. The average Bonchev–Trinajstić information content (AvgIpc) is 2.45. The molecule has 0 bridgehead atoms. The Hall–Kier alpha value is -1.90. The number of carbonyl (C=O) groups excluding carboxylic acids is 1. The molecule has 3 heteroatoms. The molecule has 0 amide bonds. The van der Waals surface area contributed by atoms with E-state index in [0.29, 0.717) is 6.42 Å². The van der Waals surface area contributed by atoms with Crippen LogP contribution in [0.15, 0.2) is 42.7 Å². The summed E-state index contributed by atoms with van der Waals surface area (Å²) in [4.78, 5) is 9.49. The third kappa shape index (κ3) is 5.83. The highest BCUT2D eigenvalue weighted by Crippen LogP contribution is 2.09. The molecule has 1 aromatic heterocycles. The van der Waals surface area contributed by atoms with Gasteiger partial charge in [0, 0.05) is 23.8 Å². The molecule has 1 heterocycles. The molecule has 2 aromatic rings. The molecule has 0 saturated carbocycles. The molecule has 2 rings (SSSR count). The highest BCUT2D eigenvalue weighted by Gasteiger charge is 2.00. The highest BCUT2D eigenvalue weighted by atomic mass is 16.4.